The van der Waals surface area contributed by atoms with Crippen LogP contribution in [0.25, 0.3) is 72.3 Å². The SMILES string of the molecule is [2H]c1c([2H])c([2H])c(-c2cccc(-c3cc(C(C)(C)C)cc(C(C)(C)C)c3)c2-[n+]2[c-]n(-c3[c-]c(Oc4[c-]c5c(cc4)c4ccccc4n5-c4cc(C(C)(C)C)ccn4)ccc3)c3cc(C([2H])([2H])C(C)(C)C)ccc32)c([2H])c1[2H].[Pt]. The van der Waals surface area contributed by atoms with Crippen molar-refractivity contribution < 1.29 is 40.0 Å². The van der Waals surface area contributed by atoms with E-state index in [1.165, 1.54) is 0 Å². The Hall–Kier alpha value is -6.55. The van der Waals surface area contributed by atoms with Crippen molar-refractivity contribution in [3.63, 3.8) is 0 Å². The molecule has 0 saturated heterocycles. The smallest absolute Gasteiger partial charge is 0.268 e. The molecule has 0 saturated carbocycles. The molecule has 0 unspecified atom stereocenters. The van der Waals surface area contributed by atoms with E-state index < -0.39 is 29.9 Å². The van der Waals surface area contributed by atoms with Gasteiger partial charge in [0, 0.05) is 47.0 Å². The molecule has 0 bridgehead atoms. The summed E-state index contributed by atoms with van der Waals surface area (Å²) in [4.78, 5) is 4.85. The fourth-order valence-corrected chi connectivity index (χ4v) is 9.14. The van der Waals surface area contributed by atoms with Crippen LogP contribution in [0.2, 0.25) is 0 Å². The van der Waals surface area contributed by atoms with Gasteiger partial charge in [-0.15, -0.1) is 29.7 Å². The Morgan fingerprint density at radius 1 is 0.606 bits per heavy atom. The summed E-state index contributed by atoms with van der Waals surface area (Å²) in [5.41, 5.74) is 8.62. The molecule has 0 aliphatic heterocycles. The first-order valence-electron chi connectivity index (χ1n) is 27.5. The zero-order valence-electron chi connectivity index (χ0n) is 49.6. The summed E-state index contributed by atoms with van der Waals surface area (Å²) in [6, 6.07) is 44.9. The van der Waals surface area contributed by atoms with Crippen LogP contribution in [-0.2, 0) is 43.7 Å². The summed E-state index contributed by atoms with van der Waals surface area (Å²) in [5, 5.41) is 2.06. The number of ether oxygens (including phenoxy) is 1. The minimum absolute atomic E-state index is 0. The predicted octanol–water partition coefficient (Wildman–Crippen LogP) is 16.4. The van der Waals surface area contributed by atoms with E-state index in [1.807, 2.05) is 103 Å². The van der Waals surface area contributed by atoms with Crippen LogP contribution in [0.5, 0.6) is 11.5 Å². The van der Waals surface area contributed by atoms with Gasteiger partial charge in [-0.05, 0) is 102 Å². The number of pyridine rings is 1. The molecule has 0 N–H and O–H groups in total. The van der Waals surface area contributed by atoms with Gasteiger partial charge >= 0.3 is 0 Å². The van der Waals surface area contributed by atoms with Crippen LogP contribution in [-0.4, -0.2) is 14.1 Å². The summed E-state index contributed by atoms with van der Waals surface area (Å²) in [7, 11) is 0. The van der Waals surface area contributed by atoms with Gasteiger partial charge in [0.05, 0.1) is 23.6 Å². The van der Waals surface area contributed by atoms with Crippen molar-refractivity contribution in [2.75, 3.05) is 0 Å². The Kier molecular flexibility index (Phi) is 10.7. The van der Waals surface area contributed by atoms with Crippen LogP contribution in [0.3, 0.4) is 0 Å². The second-order valence-corrected chi connectivity index (χ2v) is 22.4. The van der Waals surface area contributed by atoms with Crippen molar-refractivity contribution in [3.05, 3.63) is 198 Å². The van der Waals surface area contributed by atoms with Crippen LogP contribution in [0.4, 0.5) is 0 Å². The number of para-hydroxylation sites is 2. The van der Waals surface area contributed by atoms with E-state index in [2.05, 4.69) is 128 Å². The summed E-state index contributed by atoms with van der Waals surface area (Å²) in [6.45, 7) is 25.3. The number of fused-ring (bicyclic) bond motifs is 4. The molecule has 10 aromatic rings. The van der Waals surface area contributed by atoms with Crippen LogP contribution in [0.1, 0.15) is 115 Å². The van der Waals surface area contributed by atoms with Gasteiger partial charge in [-0.3, -0.25) is 4.57 Å². The van der Waals surface area contributed by atoms with Crippen molar-refractivity contribution in [1.29, 1.82) is 0 Å². The molecule has 0 atom stereocenters. The van der Waals surface area contributed by atoms with Gasteiger partial charge in [0.15, 0.2) is 0 Å². The summed E-state index contributed by atoms with van der Waals surface area (Å²) in [6.07, 6.45) is 3.73. The van der Waals surface area contributed by atoms with Gasteiger partial charge in [0.1, 0.15) is 5.82 Å². The first kappa shape index (κ1) is 41.1. The second kappa shape index (κ2) is 18.6. The van der Waals surface area contributed by atoms with E-state index in [4.69, 9.17) is 13.8 Å². The van der Waals surface area contributed by atoms with Crippen molar-refractivity contribution in [2.45, 2.75) is 106 Å². The Balaban J connectivity index is 0.00000740. The van der Waals surface area contributed by atoms with Gasteiger partial charge in [-0.2, -0.15) is 18.2 Å². The van der Waals surface area contributed by atoms with Gasteiger partial charge in [0.2, 0.25) is 0 Å². The molecule has 3 aromatic heterocycles. The first-order valence-corrected chi connectivity index (χ1v) is 24.0. The minimum Gasteiger partial charge on any atom is -0.510 e. The van der Waals surface area contributed by atoms with E-state index in [1.54, 1.807) is 12.1 Å². The molecule has 362 valence electrons. The van der Waals surface area contributed by atoms with Gasteiger partial charge in [-0.25, -0.2) is 4.98 Å². The standard InChI is InChI=1S/C65H64N4O.Pt/c1-62(2,3)41-43-28-31-57-59(34-43)67(42-68(57)61-52(44-20-14-13-15-21-44)25-19-26-53(61)45-35-47(64(7,8)9)37-48(36-45)65(10,11)12)49-22-18-23-50(39-49)70-51-29-30-55-54-24-16-17-27-56(54)69(58(55)40-51)60-38-46(32-33-66-60)63(4,5)6;/h13-38H,41H2,1-12H3;/q-2;/i13D,14D,15D,20D,21D,41D2;. The third-order valence-electron chi connectivity index (χ3n) is 12.8. The maximum absolute atomic E-state index is 9.45. The van der Waals surface area contributed by atoms with Crippen molar-refractivity contribution in [2.24, 2.45) is 5.41 Å². The normalized spacial score (nSPS) is 14.1. The summed E-state index contributed by atoms with van der Waals surface area (Å²) >= 11 is 0. The molecule has 71 heavy (non-hydrogen) atoms. The van der Waals surface area contributed by atoms with Crippen LogP contribution < -0.4 is 9.30 Å². The third kappa shape index (κ3) is 9.91. The first-order chi connectivity index (χ1) is 36.0. The molecule has 0 spiro atoms. The molecule has 0 aliphatic rings. The fourth-order valence-electron chi connectivity index (χ4n) is 9.14. The number of hydrogen-bond acceptors (Lipinski definition) is 2. The van der Waals surface area contributed by atoms with Gasteiger partial charge < -0.3 is 13.9 Å². The number of rotatable bonds is 8. The minimum atomic E-state index is -1.77. The van der Waals surface area contributed by atoms with Gasteiger partial charge in [-0.1, -0.05) is 191 Å². The Bertz CT molecular complexity index is 3940. The zero-order valence-corrected chi connectivity index (χ0v) is 44.9. The number of imidazole rings is 1. The molecular weight excluding hydrogens is 1050 g/mol. The zero-order chi connectivity index (χ0) is 55.5. The number of aromatic nitrogens is 4. The van der Waals surface area contributed by atoms with Crippen molar-refractivity contribution in [3.8, 4) is 50.9 Å². The van der Waals surface area contributed by atoms with E-state index in [0.29, 0.717) is 45.0 Å². The third-order valence-corrected chi connectivity index (χ3v) is 12.8. The number of nitrogens with zero attached hydrogens (tertiary/aromatic N) is 4. The maximum Gasteiger partial charge on any atom is 0.268 e. The quantitative estimate of drug-likeness (QED) is 0.112. The molecule has 10 rings (SSSR count). The molecule has 0 radical (unpaired) electrons. The fraction of sp³-hybridized carbons (Fsp3) is 0.262. The molecule has 0 amide bonds. The topological polar surface area (TPSA) is 35.9 Å². The van der Waals surface area contributed by atoms with E-state index in [9.17, 15) is 5.48 Å². The van der Waals surface area contributed by atoms with Crippen molar-refractivity contribution in [1.82, 2.24) is 14.1 Å². The Morgan fingerprint density at radius 3 is 1.96 bits per heavy atom. The van der Waals surface area contributed by atoms with Crippen LogP contribution in [0.15, 0.2) is 158 Å². The average Bonchev–Trinajstić information content (AvgIpc) is 4.13. The number of benzene rings is 7. The molecule has 3 heterocycles. The molecule has 0 aliphatic carbocycles. The maximum atomic E-state index is 9.45. The molecule has 0 fully saturated rings. The number of hydrogen-bond donors (Lipinski definition) is 0. The average molecular weight is 1120 g/mol. The Morgan fingerprint density at radius 2 is 1.27 bits per heavy atom. The van der Waals surface area contributed by atoms with E-state index >= 15 is 0 Å². The predicted molar refractivity (Wildman–Crippen MR) is 290 cm³/mol. The summed E-state index contributed by atoms with van der Waals surface area (Å²) in [5.74, 6) is 1.63. The second-order valence-electron chi connectivity index (χ2n) is 22.4. The summed E-state index contributed by atoms with van der Waals surface area (Å²) < 4.78 is 76.2. The van der Waals surface area contributed by atoms with Crippen LogP contribution in [0, 0.1) is 23.9 Å². The van der Waals surface area contributed by atoms with E-state index in [0.717, 1.165) is 55.4 Å². The van der Waals surface area contributed by atoms with E-state index in [-0.39, 0.29) is 55.0 Å². The molecule has 7 aromatic carbocycles. The van der Waals surface area contributed by atoms with Crippen molar-refractivity contribution >= 4 is 32.8 Å². The Labute approximate surface area is 445 Å². The molecule has 5 nitrogen and oxygen atoms in total. The molecular formula is C65H64N4OPt-2. The largest absolute Gasteiger partial charge is 0.510 e. The monoisotopic (exact) mass is 1120 g/mol. The molecule has 6 heteroatoms. The van der Waals surface area contributed by atoms with Crippen LogP contribution >= 0.6 is 0 Å². The van der Waals surface area contributed by atoms with Gasteiger partial charge in [0.25, 0.3) is 6.33 Å².